The van der Waals surface area contributed by atoms with Gasteiger partial charge >= 0.3 is 0 Å². The number of nitrogens with zero attached hydrogens (tertiary/aromatic N) is 3. The lowest BCUT2D eigenvalue weighted by atomic mass is 10.3. The Morgan fingerprint density at radius 1 is 1.36 bits per heavy atom. The molecule has 3 rings (SSSR count). The Hall–Kier alpha value is -1.56. The van der Waals surface area contributed by atoms with Crippen molar-refractivity contribution in [3.05, 3.63) is 23.9 Å². The molecule has 2 aliphatic rings. The fourth-order valence-corrected chi connectivity index (χ4v) is 2.25. The molecule has 0 spiro atoms. The van der Waals surface area contributed by atoms with Crippen LogP contribution in [0.15, 0.2) is 18.2 Å². The molecule has 2 atom stereocenters. The van der Waals surface area contributed by atoms with Crippen molar-refractivity contribution in [3.63, 3.8) is 0 Å². The molecule has 2 fully saturated rings. The number of pyridine rings is 1. The van der Waals surface area contributed by atoms with E-state index in [9.17, 15) is 0 Å². The molecule has 1 aliphatic heterocycles. The normalized spacial score (nSPS) is 28.4. The maximum atomic E-state index is 8.73. The summed E-state index contributed by atoms with van der Waals surface area (Å²) in [6.07, 6.45) is 1.40. The number of rotatable bonds is 1. The van der Waals surface area contributed by atoms with Crippen molar-refractivity contribution >= 4 is 5.82 Å². The van der Waals surface area contributed by atoms with Gasteiger partial charge in [0.2, 0.25) is 0 Å². The number of nitriles is 1. The molecule has 1 saturated heterocycles. The van der Waals surface area contributed by atoms with Gasteiger partial charge in [-0.2, -0.15) is 5.26 Å². The van der Waals surface area contributed by atoms with E-state index in [1.165, 1.54) is 6.42 Å². The van der Waals surface area contributed by atoms with Gasteiger partial charge in [0.1, 0.15) is 17.6 Å². The summed E-state index contributed by atoms with van der Waals surface area (Å²) < 4.78 is 0. The van der Waals surface area contributed by atoms with Crippen molar-refractivity contribution in [2.45, 2.75) is 6.42 Å². The summed E-state index contributed by atoms with van der Waals surface area (Å²) in [7, 11) is 0. The molecule has 1 saturated carbocycles. The summed E-state index contributed by atoms with van der Waals surface area (Å²) in [4.78, 5) is 6.58. The molecule has 1 aromatic rings. The van der Waals surface area contributed by atoms with E-state index in [4.69, 9.17) is 5.26 Å². The molecular formula is C11H11N3. The first-order valence-electron chi connectivity index (χ1n) is 4.99. The second-order valence-electron chi connectivity index (χ2n) is 4.15. The van der Waals surface area contributed by atoms with Gasteiger partial charge < -0.3 is 4.90 Å². The van der Waals surface area contributed by atoms with Crippen LogP contribution in [0.1, 0.15) is 12.1 Å². The Morgan fingerprint density at radius 2 is 2.14 bits per heavy atom. The largest absolute Gasteiger partial charge is 0.356 e. The number of piperidine rings is 1. The lowest BCUT2D eigenvalue weighted by molar-refractivity contribution is 0.804. The maximum absolute atomic E-state index is 8.73. The highest BCUT2D eigenvalue weighted by molar-refractivity contribution is 5.44. The zero-order valence-electron chi connectivity index (χ0n) is 7.85. The quantitative estimate of drug-likeness (QED) is 0.664. The fourth-order valence-electron chi connectivity index (χ4n) is 2.25. The first-order chi connectivity index (χ1) is 6.86. The van der Waals surface area contributed by atoms with Crippen LogP contribution in [0.5, 0.6) is 0 Å². The van der Waals surface area contributed by atoms with Crippen molar-refractivity contribution in [1.82, 2.24) is 4.98 Å². The number of hydrogen-bond donors (Lipinski definition) is 0. The number of fused-ring (bicyclic) bond motifs is 1. The predicted octanol–water partition coefficient (Wildman–Crippen LogP) is 1.41. The van der Waals surface area contributed by atoms with Crippen LogP contribution in [0.25, 0.3) is 0 Å². The van der Waals surface area contributed by atoms with E-state index in [1.807, 2.05) is 12.1 Å². The van der Waals surface area contributed by atoms with Gasteiger partial charge in [-0.1, -0.05) is 6.07 Å². The molecule has 14 heavy (non-hydrogen) atoms. The predicted molar refractivity (Wildman–Crippen MR) is 52.8 cm³/mol. The fraction of sp³-hybridized carbons (Fsp3) is 0.455. The van der Waals surface area contributed by atoms with Crippen LogP contribution >= 0.6 is 0 Å². The summed E-state index contributed by atoms with van der Waals surface area (Å²) in [5.41, 5.74) is 0.517. The average Bonchev–Trinajstić information content (AvgIpc) is 2.86. The van der Waals surface area contributed by atoms with Gasteiger partial charge in [0, 0.05) is 13.1 Å². The number of hydrogen-bond acceptors (Lipinski definition) is 3. The van der Waals surface area contributed by atoms with E-state index in [1.54, 1.807) is 6.07 Å². The van der Waals surface area contributed by atoms with E-state index in [0.29, 0.717) is 5.69 Å². The van der Waals surface area contributed by atoms with Gasteiger partial charge in [0.25, 0.3) is 0 Å². The van der Waals surface area contributed by atoms with Gasteiger partial charge in [0.05, 0.1) is 0 Å². The van der Waals surface area contributed by atoms with Crippen LogP contribution < -0.4 is 4.90 Å². The number of aromatic nitrogens is 1. The smallest absolute Gasteiger partial charge is 0.142 e. The molecule has 1 aliphatic carbocycles. The molecule has 0 N–H and O–H groups in total. The molecule has 3 heteroatoms. The third-order valence-corrected chi connectivity index (χ3v) is 3.15. The Bertz CT molecular complexity index is 397. The van der Waals surface area contributed by atoms with Gasteiger partial charge in [0.15, 0.2) is 0 Å². The Morgan fingerprint density at radius 3 is 2.86 bits per heavy atom. The minimum atomic E-state index is 0.517. The molecule has 70 valence electrons. The second kappa shape index (κ2) is 2.71. The van der Waals surface area contributed by atoms with Crippen LogP contribution in [0.2, 0.25) is 0 Å². The van der Waals surface area contributed by atoms with Crippen LogP contribution in [-0.4, -0.2) is 18.1 Å². The topological polar surface area (TPSA) is 39.9 Å². The molecule has 0 radical (unpaired) electrons. The minimum absolute atomic E-state index is 0.517. The third kappa shape index (κ3) is 1.15. The number of anilines is 1. The molecule has 1 aromatic heterocycles. The molecular weight excluding hydrogens is 174 g/mol. The van der Waals surface area contributed by atoms with Crippen molar-refractivity contribution in [3.8, 4) is 6.07 Å². The van der Waals surface area contributed by atoms with E-state index in [0.717, 1.165) is 30.7 Å². The molecule has 3 nitrogen and oxygen atoms in total. The molecule has 0 unspecified atom stereocenters. The van der Waals surface area contributed by atoms with E-state index >= 15 is 0 Å². The standard InChI is InChI=1S/C11H11N3/c12-5-10-2-1-3-11(13-10)14-6-8-4-9(8)7-14/h1-3,8-9H,4,6-7H2/t8-,9+. The average molecular weight is 185 g/mol. The summed E-state index contributed by atoms with van der Waals surface area (Å²) in [6.45, 7) is 2.26. The van der Waals surface area contributed by atoms with Crippen LogP contribution in [0, 0.1) is 23.2 Å². The maximum Gasteiger partial charge on any atom is 0.142 e. The van der Waals surface area contributed by atoms with Gasteiger partial charge in [-0.05, 0) is 30.4 Å². The van der Waals surface area contributed by atoms with E-state index in [-0.39, 0.29) is 0 Å². The summed E-state index contributed by atoms with van der Waals surface area (Å²) in [6, 6.07) is 7.72. The highest BCUT2D eigenvalue weighted by Gasteiger charge is 2.45. The Kier molecular flexibility index (Phi) is 1.51. The Labute approximate surface area is 83.0 Å². The van der Waals surface area contributed by atoms with Gasteiger partial charge in [-0.25, -0.2) is 4.98 Å². The van der Waals surface area contributed by atoms with Crippen LogP contribution in [0.3, 0.4) is 0 Å². The van der Waals surface area contributed by atoms with Crippen molar-refractivity contribution in [2.75, 3.05) is 18.0 Å². The molecule has 2 heterocycles. The van der Waals surface area contributed by atoms with Crippen molar-refractivity contribution in [2.24, 2.45) is 11.8 Å². The third-order valence-electron chi connectivity index (χ3n) is 3.15. The first kappa shape index (κ1) is 7.81. The lowest BCUT2D eigenvalue weighted by Crippen LogP contribution is -2.22. The lowest BCUT2D eigenvalue weighted by Gasteiger charge is -2.18. The van der Waals surface area contributed by atoms with Crippen molar-refractivity contribution in [1.29, 1.82) is 5.26 Å². The minimum Gasteiger partial charge on any atom is -0.356 e. The van der Waals surface area contributed by atoms with Crippen LogP contribution in [0.4, 0.5) is 5.82 Å². The summed E-state index contributed by atoms with van der Waals surface area (Å²) in [5.74, 6) is 2.78. The highest BCUT2D eigenvalue weighted by Crippen LogP contribution is 2.45. The highest BCUT2D eigenvalue weighted by atomic mass is 15.2. The van der Waals surface area contributed by atoms with Crippen LogP contribution in [-0.2, 0) is 0 Å². The molecule has 0 aromatic carbocycles. The monoisotopic (exact) mass is 185 g/mol. The summed E-state index contributed by atoms with van der Waals surface area (Å²) in [5, 5.41) is 8.73. The zero-order valence-corrected chi connectivity index (χ0v) is 7.85. The second-order valence-corrected chi connectivity index (χ2v) is 4.15. The van der Waals surface area contributed by atoms with Crippen molar-refractivity contribution < 1.29 is 0 Å². The molecule has 0 amide bonds. The zero-order chi connectivity index (χ0) is 9.54. The van der Waals surface area contributed by atoms with Gasteiger partial charge in [-0.3, -0.25) is 0 Å². The summed E-state index contributed by atoms with van der Waals surface area (Å²) >= 11 is 0. The molecule has 0 bridgehead atoms. The SMILES string of the molecule is N#Cc1cccc(N2C[C@H]3C[C@H]3C2)n1. The van der Waals surface area contributed by atoms with E-state index < -0.39 is 0 Å². The Balaban J connectivity index is 1.86. The van der Waals surface area contributed by atoms with E-state index in [2.05, 4.69) is 16.0 Å². The van der Waals surface area contributed by atoms with Gasteiger partial charge in [-0.15, -0.1) is 0 Å². The first-order valence-corrected chi connectivity index (χ1v) is 4.99.